The summed E-state index contributed by atoms with van der Waals surface area (Å²) in [4.78, 5) is 23.1. The van der Waals surface area contributed by atoms with Gasteiger partial charge in [-0.3, -0.25) is 4.79 Å². The molecule has 0 radical (unpaired) electrons. The van der Waals surface area contributed by atoms with Gasteiger partial charge in [-0.2, -0.15) is 0 Å². The van der Waals surface area contributed by atoms with Gasteiger partial charge in [0, 0.05) is 7.11 Å². The van der Waals surface area contributed by atoms with Crippen LogP contribution in [0.25, 0.3) is 0 Å². The number of ether oxygens (including phenoxy) is 2. The summed E-state index contributed by atoms with van der Waals surface area (Å²) in [5, 5.41) is 11.8. The average Bonchev–Trinajstić information content (AvgIpc) is 2.39. The van der Waals surface area contributed by atoms with Gasteiger partial charge in [0.15, 0.2) is 6.04 Å². The van der Waals surface area contributed by atoms with Gasteiger partial charge in [-0.25, -0.2) is 4.79 Å². The molecule has 2 N–H and O–H groups in total. The SMILES string of the molecule is COCCOCC(=O)NC(C(=O)O)c1cc(C)cc(C)c1. The molecule has 1 aromatic carbocycles. The molecule has 0 saturated heterocycles. The van der Waals surface area contributed by atoms with E-state index in [9.17, 15) is 14.7 Å². The van der Waals surface area contributed by atoms with Crippen LogP contribution in [0, 0.1) is 13.8 Å². The minimum atomic E-state index is -1.11. The van der Waals surface area contributed by atoms with E-state index in [0.717, 1.165) is 11.1 Å². The lowest BCUT2D eigenvalue weighted by atomic mass is 10.0. The number of hydrogen-bond donors (Lipinski definition) is 2. The molecular formula is C15H21NO5. The lowest BCUT2D eigenvalue weighted by Crippen LogP contribution is -2.36. The van der Waals surface area contributed by atoms with Gasteiger partial charge in [-0.05, 0) is 19.4 Å². The quantitative estimate of drug-likeness (QED) is 0.704. The van der Waals surface area contributed by atoms with E-state index < -0.39 is 17.9 Å². The zero-order valence-electron chi connectivity index (χ0n) is 12.5. The summed E-state index contributed by atoms with van der Waals surface area (Å²) in [5.74, 6) is -1.58. The van der Waals surface area contributed by atoms with Crippen LogP contribution in [0.15, 0.2) is 18.2 Å². The van der Waals surface area contributed by atoms with E-state index in [0.29, 0.717) is 12.2 Å². The Morgan fingerprint density at radius 2 is 1.81 bits per heavy atom. The fraction of sp³-hybridized carbons (Fsp3) is 0.467. The number of aryl methyl sites for hydroxylation is 2. The second kappa shape index (κ2) is 8.39. The molecular weight excluding hydrogens is 274 g/mol. The van der Waals surface area contributed by atoms with E-state index in [1.54, 1.807) is 12.1 Å². The third-order valence-corrected chi connectivity index (χ3v) is 2.79. The van der Waals surface area contributed by atoms with Gasteiger partial charge in [0.1, 0.15) is 6.61 Å². The van der Waals surface area contributed by atoms with Crippen molar-refractivity contribution in [2.45, 2.75) is 19.9 Å². The first kappa shape index (κ1) is 17.1. The number of nitrogens with one attached hydrogen (secondary N) is 1. The molecule has 0 heterocycles. The van der Waals surface area contributed by atoms with Crippen LogP contribution in [0.1, 0.15) is 22.7 Å². The van der Waals surface area contributed by atoms with Crippen molar-refractivity contribution in [1.29, 1.82) is 0 Å². The molecule has 0 saturated carbocycles. The van der Waals surface area contributed by atoms with Crippen LogP contribution in [0.5, 0.6) is 0 Å². The maximum atomic E-state index is 11.7. The summed E-state index contributed by atoms with van der Waals surface area (Å²) in [7, 11) is 1.53. The molecule has 1 unspecified atom stereocenters. The van der Waals surface area contributed by atoms with Gasteiger partial charge < -0.3 is 19.9 Å². The van der Waals surface area contributed by atoms with E-state index >= 15 is 0 Å². The highest BCUT2D eigenvalue weighted by molar-refractivity contribution is 5.85. The second-order valence-electron chi connectivity index (χ2n) is 4.81. The largest absolute Gasteiger partial charge is 0.479 e. The van der Waals surface area contributed by atoms with Crippen LogP contribution >= 0.6 is 0 Å². The van der Waals surface area contributed by atoms with Crippen molar-refractivity contribution in [3.63, 3.8) is 0 Å². The molecule has 0 aromatic heterocycles. The zero-order chi connectivity index (χ0) is 15.8. The molecule has 21 heavy (non-hydrogen) atoms. The van der Waals surface area contributed by atoms with Crippen LogP contribution in [0.4, 0.5) is 0 Å². The van der Waals surface area contributed by atoms with Gasteiger partial charge in [-0.1, -0.05) is 29.3 Å². The number of benzene rings is 1. The van der Waals surface area contributed by atoms with Crippen LogP contribution < -0.4 is 5.32 Å². The summed E-state index contributed by atoms with van der Waals surface area (Å²) in [6, 6.07) is 4.36. The Kier molecular flexibility index (Phi) is 6.84. The van der Waals surface area contributed by atoms with Crippen molar-refractivity contribution in [3.05, 3.63) is 34.9 Å². The molecule has 0 aliphatic carbocycles. The highest BCUT2D eigenvalue weighted by Crippen LogP contribution is 2.17. The van der Waals surface area contributed by atoms with Gasteiger partial charge in [0.2, 0.25) is 5.91 Å². The lowest BCUT2D eigenvalue weighted by Gasteiger charge is -2.16. The Balaban J connectivity index is 2.69. The van der Waals surface area contributed by atoms with Gasteiger partial charge in [-0.15, -0.1) is 0 Å². The van der Waals surface area contributed by atoms with Crippen molar-refractivity contribution in [3.8, 4) is 0 Å². The Labute approximate surface area is 124 Å². The second-order valence-corrected chi connectivity index (χ2v) is 4.81. The average molecular weight is 295 g/mol. The molecule has 116 valence electrons. The summed E-state index contributed by atoms with van der Waals surface area (Å²) < 4.78 is 9.86. The van der Waals surface area contributed by atoms with E-state index in [1.165, 1.54) is 7.11 Å². The van der Waals surface area contributed by atoms with Gasteiger partial charge in [0.25, 0.3) is 0 Å². The van der Waals surface area contributed by atoms with Crippen LogP contribution in [-0.4, -0.2) is 43.9 Å². The Bertz CT molecular complexity index is 481. The smallest absolute Gasteiger partial charge is 0.330 e. The molecule has 0 aliphatic rings. The zero-order valence-corrected chi connectivity index (χ0v) is 12.5. The molecule has 1 aromatic rings. The normalized spacial score (nSPS) is 12.0. The molecule has 1 amide bonds. The van der Waals surface area contributed by atoms with Crippen molar-refractivity contribution in [2.24, 2.45) is 0 Å². The first-order chi connectivity index (χ1) is 9.93. The molecule has 1 atom stereocenters. The first-order valence-corrected chi connectivity index (χ1v) is 6.61. The fourth-order valence-electron chi connectivity index (χ4n) is 1.97. The number of amides is 1. The number of carboxylic acids is 1. The topological polar surface area (TPSA) is 84.9 Å². The van der Waals surface area contributed by atoms with E-state index in [4.69, 9.17) is 9.47 Å². The number of carbonyl (C=O) groups excluding carboxylic acids is 1. The van der Waals surface area contributed by atoms with Crippen molar-refractivity contribution >= 4 is 11.9 Å². The first-order valence-electron chi connectivity index (χ1n) is 6.61. The molecule has 1 rings (SSSR count). The highest BCUT2D eigenvalue weighted by Gasteiger charge is 2.22. The number of carbonyl (C=O) groups is 2. The van der Waals surface area contributed by atoms with Crippen LogP contribution in [0.2, 0.25) is 0 Å². The minimum Gasteiger partial charge on any atom is -0.479 e. The van der Waals surface area contributed by atoms with Crippen LogP contribution in [0.3, 0.4) is 0 Å². The van der Waals surface area contributed by atoms with E-state index in [1.807, 2.05) is 19.9 Å². The van der Waals surface area contributed by atoms with E-state index in [2.05, 4.69) is 5.32 Å². The standard InChI is InChI=1S/C15H21NO5/c1-10-6-11(2)8-12(7-10)14(15(18)19)16-13(17)9-21-5-4-20-3/h6-8,14H,4-5,9H2,1-3H3,(H,16,17)(H,18,19). The van der Waals surface area contributed by atoms with Gasteiger partial charge >= 0.3 is 5.97 Å². The Hall–Kier alpha value is -1.92. The third kappa shape index (κ3) is 5.93. The van der Waals surface area contributed by atoms with Gasteiger partial charge in [0.05, 0.1) is 13.2 Å². The highest BCUT2D eigenvalue weighted by atomic mass is 16.5. The van der Waals surface area contributed by atoms with Crippen molar-refractivity contribution in [2.75, 3.05) is 26.9 Å². The number of hydrogen-bond acceptors (Lipinski definition) is 4. The predicted octanol–water partition coefficient (Wildman–Crippen LogP) is 1.21. The molecule has 0 fully saturated rings. The maximum Gasteiger partial charge on any atom is 0.330 e. The van der Waals surface area contributed by atoms with Crippen molar-refractivity contribution < 1.29 is 24.2 Å². The number of carboxylic acid groups (broad SMARTS) is 1. The lowest BCUT2D eigenvalue weighted by molar-refractivity contribution is -0.142. The predicted molar refractivity (Wildman–Crippen MR) is 77.1 cm³/mol. The molecule has 0 bridgehead atoms. The molecule has 0 aliphatic heterocycles. The van der Waals surface area contributed by atoms with E-state index in [-0.39, 0.29) is 13.2 Å². The third-order valence-electron chi connectivity index (χ3n) is 2.79. The maximum absolute atomic E-state index is 11.7. The summed E-state index contributed by atoms with van der Waals surface area (Å²) >= 11 is 0. The number of rotatable bonds is 8. The van der Waals surface area contributed by atoms with Crippen LogP contribution in [-0.2, 0) is 19.1 Å². The monoisotopic (exact) mass is 295 g/mol. The summed E-state index contributed by atoms with van der Waals surface area (Å²) in [6.07, 6.45) is 0. The minimum absolute atomic E-state index is 0.196. The van der Waals surface area contributed by atoms with Crippen molar-refractivity contribution in [1.82, 2.24) is 5.32 Å². The number of aliphatic carboxylic acids is 1. The molecule has 6 nitrogen and oxygen atoms in total. The molecule has 0 spiro atoms. The Morgan fingerprint density at radius 1 is 1.19 bits per heavy atom. The molecule has 6 heteroatoms. The summed E-state index contributed by atoms with van der Waals surface area (Å²) in [5.41, 5.74) is 2.44. The fourth-order valence-corrected chi connectivity index (χ4v) is 1.97. The number of methoxy groups -OCH3 is 1. The Morgan fingerprint density at radius 3 is 2.33 bits per heavy atom. The summed E-state index contributed by atoms with van der Waals surface area (Å²) in [6.45, 7) is 4.23.